The summed E-state index contributed by atoms with van der Waals surface area (Å²) in [5.74, 6) is -0.0717. The van der Waals surface area contributed by atoms with Gasteiger partial charge in [-0.05, 0) is 83.5 Å². The van der Waals surface area contributed by atoms with Crippen LogP contribution in [-0.4, -0.2) is 47.4 Å². The Kier molecular flexibility index (Phi) is 60.0. The second-order valence-corrected chi connectivity index (χ2v) is 22.1. The molecule has 2 unspecified atom stereocenters. The van der Waals surface area contributed by atoms with E-state index in [-0.39, 0.29) is 18.5 Å². The molecule has 0 aliphatic carbocycles. The molecule has 0 saturated carbocycles. The second-order valence-electron chi connectivity index (χ2n) is 22.1. The van der Waals surface area contributed by atoms with Crippen LogP contribution in [0.2, 0.25) is 0 Å². The van der Waals surface area contributed by atoms with Gasteiger partial charge < -0.3 is 20.3 Å². The average Bonchev–Trinajstić information content (AvgIpc) is 3.38. The van der Waals surface area contributed by atoms with Crippen molar-refractivity contribution in [3.63, 3.8) is 0 Å². The van der Waals surface area contributed by atoms with E-state index < -0.39 is 12.1 Å². The number of hydrogen-bond donors (Lipinski definition) is 3. The molecule has 3 N–H and O–H groups in total. The quantitative estimate of drug-likeness (QED) is 0.0320. The zero-order valence-corrected chi connectivity index (χ0v) is 48.4. The van der Waals surface area contributed by atoms with Crippen molar-refractivity contribution in [1.82, 2.24) is 5.32 Å². The molecule has 0 radical (unpaired) electrons. The van der Waals surface area contributed by atoms with Crippen LogP contribution in [0.4, 0.5) is 0 Å². The maximum absolute atomic E-state index is 12.5. The molecule has 0 aromatic heterocycles. The highest BCUT2D eigenvalue weighted by molar-refractivity contribution is 5.76. The lowest BCUT2D eigenvalue weighted by atomic mass is 10.0. The van der Waals surface area contributed by atoms with Crippen molar-refractivity contribution < 1.29 is 24.5 Å². The van der Waals surface area contributed by atoms with Crippen molar-refractivity contribution in [2.75, 3.05) is 13.2 Å². The van der Waals surface area contributed by atoms with Crippen LogP contribution in [-0.2, 0) is 14.3 Å². The van der Waals surface area contributed by atoms with Gasteiger partial charge in [-0.1, -0.05) is 288 Å². The Balaban J connectivity index is 3.45. The first-order chi connectivity index (χ1) is 35.5. The van der Waals surface area contributed by atoms with E-state index >= 15 is 0 Å². The lowest BCUT2D eigenvalue weighted by molar-refractivity contribution is -0.143. The van der Waals surface area contributed by atoms with Crippen molar-refractivity contribution in [1.29, 1.82) is 0 Å². The van der Waals surface area contributed by atoms with Crippen LogP contribution in [0.5, 0.6) is 0 Å². The number of hydrogen-bond acceptors (Lipinski definition) is 5. The number of aliphatic hydroxyl groups is 2. The normalized spacial score (nSPS) is 12.8. The molecule has 72 heavy (non-hydrogen) atoms. The van der Waals surface area contributed by atoms with Gasteiger partial charge in [0.25, 0.3) is 0 Å². The predicted molar refractivity (Wildman–Crippen MR) is 315 cm³/mol. The minimum atomic E-state index is -0.850. The number of unbranched alkanes of at least 4 members (excludes halogenated alkanes) is 45. The van der Waals surface area contributed by atoms with Crippen LogP contribution >= 0.6 is 0 Å². The minimum absolute atomic E-state index is 0.00101. The van der Waals surface area contributed by atoms with Crippen molar-refractivity contribution in [3.05, 3.63) is 36.5 Å². The second kappa shape index (κ2) is 61.6. The smallest absolute Gasteiger partial charge is 0.305 e. The summed E-state index contributed by atoms with van der Waals surface area (Å²) in [6.07, 6.45) is 77.6. The molecule has 0 aromatic carbocycles. The van der Waals surface area contributed by atoms with Gasteiger partial charge >= 0.3 is 5.97 Å². The van der Waals surface area contributed by atoms with Crippen LogP contribution in [0.3, 0.4) is 0 Å². The highest BCUT2D eigenvalue weighted by Gasteiger charge is 2.18. The number of rotatable bonds is 60. The van der Waals surface area contributed by atoms with E-state index in [1.54, 1.807) is 6.08 Å². The summed E-state index contributed by atoms with van der Waals surface area (Å²) >= 11 is 0. The fourth-order valence-corrected chi connectivity index (χ4v) is 9.92. The Morgan fingerprint density at radius 3 is 0.986 bits per heavy atom. The molecule has 0 aromatic rings. The number of ether oxygens (including phenoxy) is 1. The van der Waals surface area contributed by atoms with E-state index in [9.17, 15) is 19.8 Å². The Bertz CT molecular complexity index is 1170. The first kappa shape index (κ1) is 70.1. The van der Waals surface area contributed by atoms with E-state index in [1.807, 2.05) is 6.08 Å². The molecule has 0 aliphatic rings. The molecule has 2 atom stereocenters. The molecule has 1 amide bonds. The van der Waals surface area contributed by atoms with Crippen molar-refractivity contribution in [2.24, 2.45) is 0 Å². The fourth-order valence-electron chi connectivity index (χ4n) is 9.92. The zero-order chi connectivity index (χ0) is 52.2. The number of carbonyl (C=O) groups is 2. The van der Waals surface area contributed by atoms with Gasteiger partial charge in [0.1, 0.15) is 0 Å². The third-order valence-electron chi connectivity index (χ3n) is 14.9. The van der Waals surface area contributed by atoms with Crippen molar-refractivity contribution in [3.8, 4) is 0 Å². The number of aliphatic hydroxyl groups excluding tert-OH is 2. The number of nitrogens with one attached hydrogen (secondary N) is 1. The summed E-state index contributed by atoms with van der Waals surface area (Å²) in [7, 11) is 0. The lowest BCUT2D eigenvalue weighted by Gasteiger charge is -2.20. The largest absolute Gasteiger partial charge is 0.466 e. The standard InChI is InChI=1S/C66H125NO5/c1-3-5-7-9-11-13-15-17-19-20-25-28-31-34-38-42-46-50-54-58-64(69)63(62-68)67-65(70)59-55-51-47-43-39-35-32-29-26-23-21-22-24-27-30-33-37-41-45-49-53-57-61-72-66(71)60-56-52-48-44-40-36-18-16-14-12-10-8-6-4-2/h16,18,23,26,54,58,63-64,68-69H,3-15,17,19-22,24-25,27-53,55-57,59-62H2,1-2H3,(H,67,70)/b18-16-,26-23-,58-54+. The molecular formula is C66H125NO5. The SMILES string of the molecule is CCCCCCC/C=C\CCCCCCCC(=O)OCCCCCCCCCCCCC/C=C\CCCCCCCCCC(=O)NC(CO)C(O)/C=C/CCCCCCCCCCCCCCCCCCC. The Morgan fingerprint density at radius 1 is 0.375 bits per heavy atom. The van der Waals surface area contributed by atoms with Gasteiger partial charge in [-0.2, -0.15) is 0 Å². The lowest BCUT2D eigenvalue weighted by Crippen LogP contribution is -2.45. The van der Waals surface area contributed by atoms with E-state index in [0.29, 0.717) is 19.4 Å². The number of carbonyl (C=O) groups excluding carboxylic acids is 2. The van der Waals surface area contributed by atoms with Crippen LogP contribution < -0.4 is 5.32 Å². The Hall–Kier alpha value is -1.92. The number of amides is 1. The predicted octanol–water partition coefficient (Wildman–Crippen LogP) is 20.4. The zero-order valence-electron chi connectivity index (χ0n) is 48.4. The molecular weight excluding hydrogens is 887 g/mol. The Morgan fingerprint density at radius 2 is 0.653 bits per heavy atom. The maximum Gasteiger partial charge on any atom is 0.305 e. The monoisotopic (exact) mass is 1010 g/mol. The summed E-state index contributed by atoms with van der Waals surface area (Å²) in [5.41, 5.74) is 0. The van der Waals surface area contributed by atoms with Gasteiger partial charge in [0.15, 0.2) is 0 Å². The van der Waals surface area contributed by atoms with E-state index in [0.717, 1.165) is 51.4 Å². The van der Waals surface area contributed by atoms with Crippen molar-refractivity contribution >= 4 is 11.9 Å². The number of esters is 1. The molecule has 6 heteroatoms. The van der Waals surface area contributed by atoms with Crippen LogP contribution in [0, 0.1) is 0 Å². The Labute approximate surface area is 449 Å². The molecule has 0 saturated heterocycles. The first-order valence-electron chi connectivity index (χ1n) is 32.3. The van der Waals surface area contributed by atoms with E-state index in [4.69, 9.17) is 4.74 Å². The topological polar surface area (TPSA) is 95.9 Å². The summed E-state index contributed by atoms with van der Waals surface area (Å²) in [6.45, 7) is 4.91. The van der Waals surface area contributed by atoms with Gasteiger partial charge in [-0.15, -0.1) is 0 Å². The van der Waals surface area contributed by atoms with Gasteiger partial charge in [-0.25, -0.2) is 0 Å². The maximum atomic E-state index is 12.5. The molecule has 0 rings (SSSR count). The summed E-state index contributed by atoms with van der Waals surface area (Å²) in [5, 5.41) is 23.2. The highest BCUT2D eigenvalue weighted by Crippen LogP contribution is 2.17. The molecule has 0 bridgehead atoms. The van der Waals surface area contributed by atoms with Crippen LogP contribution in [0.1, 0.15) is 348 Å². The summed E-state index contributed by atoms with van der Waals surface area (Å²) in [6, 6.07) is -0.634. The van der Waals surface area contributed by atoms with Gasteiger partial charge in [0.2, 0.25) is 5.91 Å². The van der Waals surface area contributed by atoms with Crippen LogP contribution in [0.15, 0.2) is 36.5 Å². The van der Waals surface area contributed by atoms with Gasteiger partial charge in [-0.3, -0.25) is 9.59 Å². The summed E-state index contributed by atoms with van der Waals surface area (Å²) in [4.78, 5) is 24.5. The number of allylic oxidation sites excluding steroid dienone is 5. The van der Waals surface area contributed by atoms with Crippen molar-refractivity contribution in [2.45, 2.75) is 360 Å². The first-order valence-corrected chi connectivity index (χ1v) is 32.3. The van der Waals surface area contributed by atoms with Crippen LogP contribution in [0.25, 0.3) is 0 Å². The van der Waals surface area contributed by atoms with E-state index in [2.05, 4.69) is 43.5 Å². The highest BCUT2D eigenvalue weighted by atomic mass is 16.5. The minimum Gasteiger partial charge on any atom is -0.466 e. The third-order valence-corrected chi connectivity index (χ3v) is 14.9. The molecule has 424 valence electrons. The molecule has 0 fully saturated rings. The molecule has 0 spiro atoms. The third kappa shape index (κ3) is 57.4. The van der Waals surface area contributed by atoms with Gasteiger partial charge in [0, 0.05) is 12.8 Å². The molecule has 0 aliphatic heterocycles. The molecule has 0 heterocycles. The van der Waals surface area contributed by atoms with Gasteiger partial charge in [0.05, 0.1) is 25.4 Å². The van der Waals surface area contributed by atoms with E-state index in [1.165, 1.54) is 270 Å². The average molecular weight is 1010 g/mol. The molecule has 6 nitrogen and oxygen atoms in total. The summed E-state index contributed by atoms with van der Waals surface area (Å²) < 4.78 is 5.48. The fraction of sp³-hybridized carbons (Fsp3) is 0.879.